The lowest BCUT2D eigenvalue weighted by atomic mass is 9.75. The highest BCUT2D eigenvalue weighted by molar-refractivity contribution is 4.93. The van der Waals surface area contributed by atoms with Gasteiger partial charge in [-0.15, -0.1) is 0 Å². The smallest absolute Gasteiger partial charge is 0.0637 e. The Kier molecular flexibility index (Phi) is 2.90. The molecule has 0 aliphatic carbocycles. The second-order valence-electron chi connectivity index (χ2n) is 3.60. The molecule has 1 saturated heterocycles. The molecule has 1 N–H and O–H groups in total. The van der Waals surface area contributed by atoms with Gasteiger partial charge in [0, 0.05) is 12.0 Å². The van der Waals surface area contributed by atoms with Crippen LogP contribution in [0, 0.1) is 5.41 Å². The van der Waals surface area contributed by atoms with Crippen LogP contribution < -0.4 is 5.32 Å². The first kappa shape index (κ1) is 9.01. The highest BCUT2D eigenvalue weighted by Crippen LogP contribution is 2.38. The van der Waals surface area contributed by atoms with Gasteiger partial charge in [-0.05, 0) is 20.4 Å². The molecular weight excluding hydrogens is 138 g/mol. The SMILES string of the molecule is CCCC1(CNC)COC1C. The van der Waals surface area contributed by atoms with Crippen molar-refractivity contribution < 1.29 is 4.74 Å². The van der Waals surface area contributed by atoms with Crippen LogP contribution in [0.15, 0.2) is 0 Å². The molecule has 0 radical (unpaired) electrons. The first-order valence-corrected chi connectivity index (χ1v) is 4.51. The third kappa shape index (κ3) is 1.57. The Hall–Kier alpha value is -0.0800. The number of nitrogens with one attached hydrogen (secondary N) is 1. The number of hydrogen-bond donors (Lipinski definition) is 1. The summed E-state index contributed by atoms with van der Waals surface area (Å²) in [6.45, 7) is 6.46. The summed E-state index contributed by atoms with van der Waals surface area (Å²) in [5.41, 5.74) is 0.448. The molecule has 1 aliphatic heterocycles. The van der Waals surface area contributed by atoms with Crippen LogP contribution in [-0.4, -0.2) is 26.3 Å². The van der Waals surface area contributed by atoms with Crippen LogP contribution in [-0.2, 0) is 4.74 Å². The maximum Gasteiger partial charge on any atom is 0.0637 e. The Labute approximate surface area is 69.3 Å². The molecule has 0 aromatic rings. The molecule has 2 unspecified atom stereocenters. The highest BCUT2D eigenvalue weighted by Gasteiger charge is 2.43. The summed E-state index contributed by atoms with van der Waals surface area (Å²) in [6.07, 6.45) is 3.00. The second kappa shape index (κ2) is 3.55. The molecule has 0 bridgehead atoms. The maximum atomic E-state index is 5.41. The van der Waals surface area contributed by atoms with Crippen LogP contribution in [0.1, 0.15) is 26.7 Å². The van der Waals surface area contributed by atoms with Crippen LogP contribution in [0.4, 0.5) is 0 Å². The summed E-state index contributed by atoms with van der Waals surface area (Å²) >= 11 is 0. The molecule has 1 aliphatic rings. The van der Waals surface area contributed by atoms with Crippen molar-refractivity contribution >= 4 is 0 Å². The fourth-order valence-corrected chi connectivity index (χ4v) is 1.89. The Bertz CT molecular complexity index is 119. The monoisotopic (exact) mass is 157 g/mol. The lowest BCUT2D eigenvalue weighted by molar-refractivity contribution is -0.178. The minimum atomic E-state index is 0.448. The molecule has 0 aromatic heterocycles. The lowest BCUT2D eigenvalue weighted by Gasteiger charge is -2.48. The summed E-state index contributed by atoms with van der Waals surface area (Å²) in [6, 6.07) is 0. The molecule has 0 aromatic carbocycles. The van der Waals surface area contributed by atoms with Crippen LogP contribution in [0.2, 0.25) is 0 Å². The van der Waals surface area contributed by atoms with Crippen molar-refractivity contribution in [3.05, 3.63) is 0 Å². The third-order valence-electron chi connectivity index (χ3n) is 2.76. The molecule has 0 amide bonds. The van der Waals surface area contributed by atoms with Gasteiger partial charge in [0.1, 0.15) is 0 Å². The van der Waals surface area contributed by atoms with Gasteiger partial charge in [-0.25, -0.2) is 0 Å². The fourth-order valence-electron chi connectivity index (χ4n) is 1.89. The zero-order valence-corrected chi connectivity index (χ0v) is 7.81. The highest BCUT2D eigenvalue weighted by atomic mass is 16.5. The maximum absolute atomic E-state index is 5.41. The normalized spacial score (nSPS) is 36.8. The summed E-state index contributed by atoms with van der Waals surface area (Å²) in [4.78, 5) is 0. The van der Waals surface area contributed by atoms with E-state index in [1.165, 1.54) is 12.8 Å². The van der Waals surface area contributed by atoms with Crippen molar-refractivity contribution in [2.75, 3.05) is 20.2 Å². The Morgan fingerprint density at radius 2 is 2.36 bits per heavy atom. The molecule has 2 atom stereocenters. The predicted molar refractivity (Wildman–Crippen MR) is 46.7 cm³/mol. The minimum absolute atomic E-state index is 0.448. The summed E-state index contributed by atoms with van der Waals surface area (Å²) in [7, 11) is 2.02. The Balaban J connectivity index is 2.42. The van der Waals surface area contributed by atoms with E-state index in [0.717, 1.165) is 13.2 Å². The minimum Gasteiger partial charge on any atom is -0.377 e. The number of ether oxygens (including phenoxy) is 1. The van der Waals surface area contributed by atoms with E-state index in [1.807, 2.05) is 7.05 Å². The molecular formula is C9H19NO. The summed E-state index contributed by atoms with van der Waals surface area (Å²) < 4.78 is 5.41. The van der Waals surface area contributed by atoms with Crippen molar-refractivity contribution in [1.82, 2.24) is 5.32 Å². The summed E-state index contributed by atoms with van der Waals surface area (Å²) in [5.74, 6) is 0. The van der Waals surface area contributed by atoms with Gasteiger partial charge < -0.3 is 10.1 Å². The second-order valence-corrected chi connectivity index (χ2v) is 3.60. The average Bonchev–Trinajstić information content (AvgIpc) is 2.01. The zero-order chi connectivity index (χ0) is 8.32. The van der Waals surface area contributed by atoms with Crippen LogP contribution in [0.5, 0.6) is 0 Å². The zero-order valence-electron chi connectivity index (χ0n) is 7.81. The van der Waals surface area contributed by atoms with Gasteiger partial charge in [-0.2, -0.15) is 0 Å². The Morgan fingerprint density at radius 1 is 1.64 bits per heavy atom. The third-order valence-corrected chi connectivity index (χ3v) is 2.76. The van der Waals surface area contributed by atoms with E-state index in [1.54, 1.807) is 0 Å². The van der Waals surface area contributed by atoms with Crippen LogP contribution >= 0.6 is 0 Å². The van der Waals surface area contributed by atoms with Crippen LogP contribution in [0.3, 0.4) is 0 Å². The largest absolute Gasteiger partial charge is 0.377 e. The van der Waals surface area contributed by atoms with Gasteiger partial charge in [-0.3, -0.25) is 0 Å². The van der Waals surface area contributed by atoms with E-state index in [4.69, 9.17) is 4.74 Å². The first-order chi connectivity index (χ1) is 5.25. The fraction of sp³-hybridized carbons (Fsp3) is 1.00. The van der Waals surface area contributed by atoms with Gasteiger partial charge in [-0.1, -0.05) is 13.3 Å². The van der Waals surface area contributed by atoms with Crippen molar-refractivity contribution in [1.29, 1.82) is 0 Å². The van der Waals surface area contributed by atoms with Gasteiger partial charge in [0.15, 0.2) is 0 Å². The number of hydrogen-bond acceptors (Lipinski definition) is 2. The lowest BCUT2D eigenvalue weighted by Crippen LogP contribution is -2.55. The van der Waals surface area contributed by atoms with Gasteiger partial charge >= 0.3 is 0 Å². The average molecular weight is 157 g/mol. The van der Waals surface area contributed by atoms with Gasteiger partial charge in [0.05, 0.1) is 12.7 Å². The van der Waals surface area contributed by atoms with E-state index in [-0.39, 0.29) is 0 Å². The van der Waals surface area contributed by atoms with Gasteiger partial charge in [0.25, 0.3) is 0 Å². The Morgan fingerprint density at radius 3 is 2.64 bits per heavy atom. The van der Waals surface area contributed by atoms with E-state index >= 15 is 0 Å². The van der Waals surface area contributed by atoms with E-state index < -0.39 is 0 Å². The van der Waals surface area contributed by atoms with Crippen molar-refractivity contribution in [3.8, 4) is 0 Å². The molecule has 2 nitrogen and oxygen atoms in total. The van der Waals surface area contributed by atoms with Gasteiger partial charge in [0.2, 0.25) is 0 Å². The van der Waals surface area contributed by atoms with E-state index in [9.17, 15) is 0 Å². The van der Waals surface area contributed by atoms with E-state index in [0.29, 0.717) is 11.5 Å². The molecule has 2 heteroatoms. The topological polar surface area (TPSA) is 21.3 Å². The van der Waals surface area contributed by atoms with Crippen molar-refractivity contribution in [2.24, 2.45) is 5.41 Å². The van der Waals surface area contributed by atoms with Crippen LogP contribution in [0.25, 0.3) is 0 Å². The molecule has 11 heavy (non-hydrogen) atoms. The summed E-state index contributed by atoms with van der Waals surface area (Å²) in [5, 5.41) is 3.25. The molecule has 1 fully saturated rings. The molecule has 1 rings (SSSR count). The quantitative estimate of drug-likeness (QED) is 0.666. The predicted octanol–water partition coefficient (Wildman–Crippen LogP) is 1.41. The first-order valence-electron chi connectivity index (χ1n) is 4.51. The van der Waals surface area contributed by atoms with Crippen molar-refractivity contribution in [2.45, 2.75) is 32.8 Å². The number of rotatable bonds is 4. The molecule has 66 valence electrons. The molecule has 1 heterocycles. The molecule has 0 saturated carbocycles. The molecule has 0 spiro atoms. The van der Waals surface area contributed by atoms with E-state index in [2.05, 4.69) is 19.2 Å². The standard InChI is InChI=1S/C9H19NO/c1-4-5-9(6-10-3)7-11-8(9)2/h8,10H,4-7H2,1-3H3. The van der Waals surface area contributed by atoms with Crippen molar-refractivity contribution in [3.63, 3.8) is 0 Å².